The van der Waals surface area contributed by atoms with Crippen molar-refractivity contribution in [3.63, 3.8) is 0 Å². The minimum absolute atomic E-state index is 0.227. The summed E-state index contributed by atoms with van der Waals surface area (Å²) in [5, 5.41) is 0. The van der Waals surface area contributed by atoms with Gasteiger partial charge in [0, 0.05) is 38.9 Å². The summed E-state index contributed by atoms with van der Waals surface area (Å²) in [4.78, 5) is 31.4. The van der Waals surface area contributed by atoms with Crippen LogP contribution in [0.5, 0.6) is 5.75 Å². The second-order valence-electron chi connectivity index (χ2n) is 7.58. The van der Waals surface area contributed by atoms with Crippen molar-refractivity contribution in [1.82, 2.24) is 9.80 Å². The molecule has 2 aliphatic heterocycles. The van der Waals surface area contributed by atoms with Crippen molar-refractivity contribution in [1.29, 1.82) is 0 Å². The molecule has 0 aromatic heterocycles. The number of hydrogen-bond donors (Lipinski definition) is 0. The molecule has 0 bridgehead atoms. The van der Waals surface area contributed by atoms with Crippen LogP contribution in [0.1, 0.15) is 18.9 Å². The first-order valence-corrected chi connectivity index (χ1v) is 10.4. The van der Waals surface area contributed by atoms with Gasteiger partial charge in [-0.3, -0.25) is 14.5 Å². The molecule has 2 aliphatic rings. The van der Waals surface area contributed by atoms with Crippen molar-refractivity contribution in [2.24, 2.45) is 0 Å². The minimum atomic E-state index is -0.247. The third-order valence-electron chi connectivity index (χ3n) is 5.60. The normalized spacial score (nSPS) is 17.2. The highest BCUT2D eigenvalue weighted by Crippen LogP contribution is 2.32. The van der Waals surface area contributed by atoms with E-state index in [2.05, 4.69) is 28.9 Å². The maximum Gasteiger partial charge on any atom is 0.277 e. The van der Waals surface area contributed by atoms with Gasteiger partial charge in [-0.2, -0.15) is 0 Å². The first kappa shape index (κ1) is 20.0. The third-order valence-corrected chi connectivity index (χ3v) is 5.60. The van der Waals surface area contributed by atoms with Crippen molar-refractivity contribution in [2.45, 2.75) is 13.3 Å². The van der Waals surface area contributed by atoms with Crippen LogP contribution in [-0.2, 0) is 9.59 Å². The number of likely N-dealkylation sites (N-methyl/N-ethyl adjacent to an activating group) is 1. The number of benzene rings is 2. The van der Waals surface area contributed by atoms with Gasteiger partial charge < -0.3 is 14.5 Å². The molecule has 2 aromatic carbocycles. The number of hydrogen-bond acceptors (Lipinski definition) is 5. The van der Waals surface area contributed by atoms with Crippen LogP contribution in [0.3, 0.4) is 0 Å². The smallest absolute Gasteiger partial charge is 0.277 e. The molecule has 6 heteroatoms. The predicted molar refractivity (Wildman–Crippen MR) is 117 cm³/mol. The maximum absolute atomic E-state index is 12.9. The molecule has 2 heterocycles. The molecule has 2 amide bonds. The first-order chi connectivity index (χ1) is 14.6. The fraction of sp³-hybridized carbons (Fsp3) is 0.333. The Balaban J connectivity index is 1.58. The van der Waals surface area contributed by atoms with Gasteiger partial charge >= 0.3 is 0 Å². The van der Waals surface area contributed by atoms with Gasteiger partial charge in [0.2, 0.25) is 0 Å². The van der Waals surface area contributed by atoms with Gasteiger partial charge in [-0.25, -0.2) is 0 Å². The third kappa shape index (κ3) is 3.77. The van der Waals surface area contributed by atoms with Crippen LogP contribution in [0.25, 0.3) is 5.57 Å². The van der Waals surface area contributed by atoms with E-state index in [0.29, 0.717) is 31.0 Å². The zero-order valence-electron chi connectivity index (χ0n) is 17.5. The number of carbonyl (C=O) groups is 2. The largest absolute Gasteiger partial charge is 0.494 e. The van der Waals surface area contributed by atoms with Crippen molar-refractivity contribution < 1.29 is 14.3 Å². The average molecular weight is 405 g/mol. The molecule has 0 spiro atoms. The average Bonchev–Trinajstić information content (AvgIpc) is 3.02. The van der Waals surface area contributed by atoms with Gasteiger partial charge in [0.1, 0.15) is 11.4 Å². The molecule has 30 heavy (non-hydrogen) atoms. The number of piperazine rings is 1. The number of ether oxygens (including phenoxy) is 1. The molecule has 1 saturated heterocycles. The monoisotopic (exact) mass is 405 g/mol. The zero-order chi connectivity index (χ0) is 21.1. The first-order valence-electron chi connectivity index (χ1n) is 10.4. The highest BCUT2D eigenvalue weighted by atomic mass is 16.5. The number of anilines is 1. The van der Waals surface area contributed by atoms with Gasteiger partial charge in [0.15, 0.2) is 0 Å². The summed E-state index contributed by atoms with van der Waals surface area (Å²) >= 11 is 0. The summed E-state index contributed by atoms with van der Waals surface area (Å²) in [6.07, 6.45) is 0.934. The SMILES string of the molecule is CCCOc1ccc(C2=C(N3CCN(c4ccccc4)CC3)C(=O)N(C)C2=O)cc1. The van der Waals surface area contributed by atoms with E-state index in [4.69, 9.17) is 4.74 Å². The highest BCUT2D eigenvalue weighted by Gasteiger charge is 2.40. The summed E-state index contributed by atoms with van der Waals surface area (Å²) in [5.41, 5.74) is 2.93. The lowest BCUT2D eigenvalue weighted by atomic mass is 10.0. The molecule has 4 rings (SSSR count). The van der Waals surface area contributed by atoms with E-state index in [1.165, 1.54) is 10.6 Å². The van der Waals surface area contributed by atoms with Gasteiger partial charge in [-0.1, -0.05) is 37.3 Å². The van der Waals surface area contributed by atoms with Crippen molar-refractivity contribution in [2.75, 3.05) is 44.7 Å². The second-order valence-corrected chi connectivity index (χ2v) is 7.58. The fourth-order valence-corrected chi connectivity index (χ4v) is 3.95. The summed E-state index contributed by atoms with van der Waals surface area (Å²) in [6, 6.07) is 17.7. The van der Waals surface area contributed by atoms with E-state index in [9.17, 15) is 9.59 Å². The van der Waals surface area contributed by atoms with E-state index < -0.39 is 0 Å². The van der Waals surface area contributed by atoms with Crippen molar-refractivity contribution >= 4 is 23.1 Å². The Morgan fingerprint density at radius 1 is 0.833 bits per heavy atom. The number of carbonyl (C=O) groups excluding carboxylic acids is 2. The van der Waals surface area contributed by atoms with E-state index in [0.717, 1.165) is 30.8 Å². The Morgan fingerprint density at radius 2 is 1.47 bits per heavy atom. The van der Waals surface area contributed by atoms with Crippen molar-refractivity contribution in [3.8, 4) is 5.75 Å². The van der Waals surface area contributed by atoms with E-state index >= 15 is 0 Å². The standard InChI is InChI=1S/C24H27N3O3/c1-3-17-30-20-11-9-18(10-12-20)21-22(24(29)25(2)23(21)28)27-15-13-26(14-16-27)19-7-5-4-6-8-19/h4-12H,3,13-17H2,1-2H3. The molecule has 156 valence electrons. The molecule has 0 aliphatic carbocycles. The summed E-state index contributed by atoms with van der Waals surface area (Å²) in [7, 11) is 1.55. The number of rotatable bonds is 6. The lowest BCUT2D eigenvalue weighted by Crippen LogP contribution is -2.47. The fourth-order valence-electron chi connectivity index (χ4n) is 3.95. The summed E-state index contributed by atoms with van der Waals surface area (Å²) in [6.45, 7) is 5.70. The lowest BCUT2D eigenvalue weighted by molar-refractivity contribution is -0.135. The number of imide groups is 1. The van der Waals surface area contributed by atoms with Crippen LogP contribution in [-0.4, -0.2) is 61.4 Å². The van der Waals surface area contributed by atoms with Gasteiger partial charge in [0.25, 0.3) is 11.8 Å². The molecular formula is C24H27N3O3. The summed E-state index contributed by atoms with van der Waals surface area (Å²) in [5.74, 6) is 0.293. The quantitative estimate of drug-likeness (QED) is 0.692. The Kier molecular flexibility index (Phi) is 5.74. The lowest BCUT2D eigenvalue weighted by Gasteiger charge is -2.37. The van der Waals surface area contributed by atoms with Gasteiger partial charge in [-0.15, -0.1) is 0 Å². The molecule has 6 nitrogen and oxygen atoms in total. The van der Waals surface area contributed by atoms with Crippen molar-refractivity contribution in [3.05, 3.63) is 65.9 Å². The Labute approximate surface area is 177 Å². The molecular weight excluding hydrogens is 378 g/mol. The number of nitrogens with zero attached hydrogens (tertiary/aromatic N) is 3. The van der Waals surface area contributed by atoms with Crippen LogP contribution in [0.15, 0.2) is 60.3 Å². The highest BCUT2D eigenvalue weighted by molar-refractivity contribution is 6.35. The van der Waals surface area contributed by atoms with Gasteiger partial charge in [0.05, 0.1) is 12.2 Å². The molecule has 0 saturated carbocycles. The number of para-hydroxylation sites is 1. The van der Waals surface area contributed by atoms with E-state index in [1.54, 1.807) is 7.05 Å². The van der Waals surface area contributed by atoms with E-state index in [-0.39, 0.29) is 11.8 Å². The molecule has 0 N–H and O–H groups in total. The van der Waals surface area contributed by atoms with Crippen LogP contribution < -0.4 is 9.64 Å². The van der Waals surface area contributed by atoms with Gasteiger partial charge in [-0.05, 0) is 36.2 Å². The minimum Gasteiger partial charge on any atom is -0.494 e. The molecule has 2 aromatic rings. The maximum atomic E-state index is 12.9. The Morgan fingerprint density at radius 3 is 2.10 bits per heavy atom. The Hall–Kier alpha value is -3.28. The van der Waals surface area contributed by atoms with E-state index in [1.807, 2.05) is 42.5 Å². The molecule has 0 unspecified atom stereocenters. The predicted octanol–water partition coefficient (Wildman–Crippen LogP) is 3.01. The second kappa shape index (κ2) is 8.61. The van der Waals surface area contributed by atoms with Crippen LogP contribution in [0.4, 0.5) is 5.69 Å². The van der Waals surface area contributed by atoms with Crippen LogP contribution in [0, 0.1) is 0 Å². The topological polar surface area (TPSA) is 53.1 Å². The number of amides is 2. The molecule has 0 radical (unpaired) electrons. The van der Waals surface area contributed by atoms with Crippen LogP contribution in [0.2, 0.25) is 0 Å². The Bertz CT molecular complexity index is 945. The van der Waals surface area contributed by atoms with Crippen LogP contribution >= 0.6 is 0 Å². The summed E-state index contributed by atoms with van der Waals surface area (Å²) < 4.78 is 5.64. The zero-order valence-corrected chi connectivity index (χ0v) is 17.5. The molecule has 1 fully saturated rings. The molecule has 0 atom stereocenters.